The highest BCUT2D eigenvalue weighted by Crippen LogP contribution is 2.32. The molecule has 174 valence electrons. The first-order valence-electron chi connectivity index (χ1n) is 10.6. The van der Waals surface area contributed by atoms with Crippen LogP contribution in [0.1, 0.15) is 44.3 Å². The quantitative estimate of drug-likeness (QED) is 0.595. The van der Waals surface area contributed by atoms with E-state index in [9.17, 15) is 22.8 Å². The molecule has 1 heterocycles. The normalized spacial score (nSPS) is 25.9. The molecule has 2 fully saturated rings. The number of nitrogens with one attached hydrogen (secondary N) is 3. The second-order valence-corrected chi connectivity index (χ2v) is 8.91. The Morgan fingerprint density at radius 1 is 1.12 bits per heavy atom. The van der Waals surface area contributed by atoms with Gasteiger partial charge in [0.25, 0.3) is 0 Å². The number of H-pyrrole nitrogens is 1. The molecule has 2 aromatic rings. The Morgan fingerprint density at radius 2 is 1.78 bits per heavy atom. The van der Waals surface area contributed by atoms with Crippen LogP contribution in [0.4, 0.5) is 13.2 Å². The number of hydrogen-bond acceptors (Lipinski definition) is 4. The summed E-state index contributed by atoms with van der Waals surface area (Å²) in [7, 11) is 0. The molecule has 32 heavy (non-hydrogen) atoms. The van der Waals surface area contributed by atoms with Crippen LogP contribution in [0, 0.1) is 11.8 Å². The number of halogens is 4. The number of nitrogens with zero attached hydrogens (tertiary/aromatic N) is 1. The van der Waals surface area contributed by atoms with Crippen molar-refractivity contribution in [1.82, 2.24) is 20.6 Å². The first-order chi connectivity index (χ1) is 15.2. The van der Waals surface area contributed by atoms with E-state index in [1.165, 1.54) is 0 Å². The lowest BCUT2D eigenvalue weighted by molar-refractivity contribution is -0.351. The first-order valence-corrected chi connectivity index (χ1v) is 11.0. The maximum absolute atomic E-state index is 12.5. The molecule has 3 N–H and O–H groups in total. The summed E-state index contributed by atoms with van der Waals surface area (Å²) < 4.78 is 40.5. The van der Waals surface area contributed by atoms with Gasteiger partial charge in [0.2, 0.25) is 11.8 Å². The highest BCUT2D eigenvalue weighted by Gasteiger charge is 2.41. The third-order valence-corrected chi connectivity index (χ3v) is 6.37. The SMILES string of the molecule is O=C(NCc1nc2cc(Cl)ccc2[nH]1)[C@H]1CC[C@H](C(=O)N[C@H]2C[C@@H](OC(F)(F)F)C2)CC1. The van der Waals surface area contributed by atoms with E-state index in [2.05, 4.69) is 25.3 Å². The topological polar surface area (TPSA) is 96.1 Å². The van der Waals surface area contributed by atoms with E-state index < -0.39 is 12.5 Å². The number of alkyl halides is 3. The van der Waals surface area contributed by atoms with E-state index in [0.717, 1.165) is 11.0 Å². The molecule has 4 rings (SSSR count). The largest absolute Gasteiger partial charge is 0.522 e. The maximum atomic E-state index is 12.5. The number of hydrogen-bond donors (Lipinski definition) is 3. The number of amides is 2. The molecule has 0 aliphatic heterocycles. The molecule has 0 unspecified atom stereocenters. The maximum Gasteiger partial charge on any atom is 0.522 e. The van der Waals surface area contributed by atoms with Gasteiger partial charge in [-0.2, -0.15) is 0 Å². The van der Waals surface area contributed by atoms with Crippen LogP contribution >= 0.6 is 11.6 Å². The Morgan fingerprint density at radius 3 is 2.44 bits per heavy atom. The van der Waals surface area contributed by atoms with E-state index in [1.54, 1.807) is 12.1 Å². The molecule has 0 radical (unpaired) electrons. The van der Waals surface area contributed by atoms with E-state index in [0.29, 0.717) is 36.5 Å². The highest BCUT2D eigenvalue weighted by molar-refractivity contribution is 6.31. The molecule has 7 nitrogen and oxygen atoms in total. The van der Waals surface area contributed by atoms with E-state index in [-0.39, 0.29) is 49.1 Å². The molecule has 0 spiro atoms. The monoisotopic (exact) mass is 472 g/mol. The van der Waals surface area contributed by atoms with Crippen molar-refractivity contribution in [3.8, 4) is 0 Å². The number of benzene rings is 1. The van der Waals surface area contributed by atoms with Gasteiger partial charge in [-0.25, -0.2) is 4.98 Å². The smallest absolute Gasteiger partial charge is 0.353 e. The predicted octanol–water partition coefficient (Wildman–Crippen LogP) is 3.82. The highest BCUT2D eigenvalue weighted by atomic mass is 35.5. The van der Waals surface area contributed by atoms with Gasteiger partial charge in [-0.05, 0) is 56.7 Å². The number of imidazole rings is 1. The molecule has 2 amide bonds. The Labute approximate surface area is 187 Å². The van der Waals surface area contributed by atoms with Gasteiger partial charge in [0.05, 0.1) is 23.7 Å². The van der Waals surface area contributed by atoms with Crippen molar-refractivity contribution < 1.29 is 27.5 Å². The number of aromatic nitrogens is 2. The summed E-state index contributed by atoms with van der Waals surface area (Å²) in [5, 5.41) is 6.28. The summed E-state index contributed by atoms with van der Waals surface area (Å²) in [5.74, 6) is 0.0126. The lowest BCUT2D eigenvalue weighted by Gasteiger charge is -2.37. The van der Waals surface area contributed by atoms with Gasteiger partial charge in [-0.3, -0.25) is 14.3 Å². The summed E-state index contributed by atoms with van der Waals surface area (Å²) in [4.78, 5) is 32.5. The zero-order chi connectivity index (χ0) is 22.9. The van der Waals surface area contributed by atoms with Crippen LogP contribution in [0.3, 0.4) is 0 Å². The minimum absolute atomic E-state index is 0.0755. The van der Waals surface area contributed by atoms with Gasteiger partial charge in [0.15, 0.2) is 0 Å². The van der Waals surface area contributed by atoms with Crippen LogP contribution in [-0.4, -0.2) is 40.3 Å². The zero-order valence-electron chi connectivity index (χ0n) is 17.2. The van der Waals surface area contributed by atoms with Crippen LogP contribution < -0.4 is 10.6 Å². The molecule has 1 aromatic heterocycles. The lowest BCUT2D eigenvalue weighted by Crippen LogP contribution is -2.51. The van der Waals surface area contributed by atoms with Crippen molar-refractivity contribution in [2.24, 2.45) is 11.8 Å². The second-order valence-electron chi connectivity index (χ2n) is 8.47. The fourth-order valence-electron chi connectivity index (χ4n) is 4.34. The van der Waals surface area contributed by atoms with Crippen LogP contribution in [-0.2, 0) is 20.9 Å². The van der Waals surface area contributed by atoms with Gasteiger partial charge < -0.3 is 15.6 Å². The van der Waals surface area contributed by atoms with Crippen molar-refractivity contribution in [2.45, 2.75) is 63.6 Å². The minimum atomic E-state index is -4.64. The van der Waals surface area contributed by atoms with Crippen LogP contribution in [0.2, 0.25) is 5.02 Å². The molecular weight excluding hydrogens is 449 g/mol. The molecule has 1 aromatic carbocycles. The lowest BCUT2D eigenvalue weighted by atomic mass is 9.80. The molecule has 0 atom stereocenters. The van der Waals surface area contributed by atoms with Crippen LogP contribution in [0.5, 0.6) is 0 Å². The number of fused-ring (bicyclic) bond motifs is 1. The molecule has 2 aliphatic rings. The van der Waals surface area contributed by atoms with Crippen molar-refractivity contribution >= 4 is 34.4 Å². The summed E-state index contributed by atoms with van der Waals surface area (Å²) in [5.41, 5.74) is 1.57. The van der Waals surface area contributed by atoms with Gasteiger partial charge in [0, 0.05) is 22.9 Å². The Balaban J connectivity index is 1.17. The third-order valence-electron chi connectivity index (χ3n) is 6.13. The van der Waals surface area contributed by atoms with E-state index in [4.69, 9.17) is 11.6 Å². The van der Waals surface area contributed by atoms with Crippen molar-refractivity contribution in [2.75, 3.05) is 0 Å². The average Bonchev–Trinajstić information content (AvgIpc) is 3.11. The molecular formula is C21H24ClF3N4O3. The molecule has 0 saturated heterocycles. The number of carbonyl (C=O) groups is 2. The zero-order valence-corrected chi connectivity index (χ0v) is 17.9. The number of ether oxygens (including phenoxy) is 1. The second kappa shape index (κ2) is 9.27. The van der Waals surface area contributed by atoms with Gasteiger partial charge in [-0.15, -0.1) is 13.2 Å². The summed E-state index contributed by atoms with van der Waals surface area (Å²) in [6, 6.07) is 5.06. The number of carbonyl (C=O) groups excluding carboxylic acids is 2. The predicted molar refractivity (Wildman–Crippen MR) is 110 cm³/mol. The van der Waals surface area contributed by atoms with Gasteiger partial charge in [0.1, 0.15) is 5.82 Å². The Kier molecular flexibility index (Phi) is 6.62. The molecule has 2 saturated carbocycles. The Bertz CT molecular complexity index is 982. The molecule has 0 bridgehead atoms. The number of aromatic amines is 1. The van der Waals surface area contributed by atoms with Crippen LogP contribution in [0.15, 0.2) is 18.2 Å². The minimum Gasteiger partial charge on any atom is -0.353 e. The molecule has 2 aliphatic carbocycles. The molecule has 11 heteroatoms. The Hall–Kier alpha value is -2.33. The fourth-order valence-corrected chi connectivity index (χ4v) is 4.50. The summed E-state index contributed by atoms with van der Waals surface area (Å²) in [6.07, 6.45) is -2.88. The average molecular weight is 473 g/mol. The van der Waals surface area contributed by atoms with Gasteiger partial charge >= 0.3 is 6.36 Å². The fraction of sp³-hybridized carbons (Fsp3) is 0.571. The summed E-state index contributed by atoms with van der Waals surface area (Å²) in [6.45, 7) is 0.272. The van der Waals surface area contributed by atoms with Crippen molar-refractivity contribution in [3.63, 3.8) is 0 Å². The van der Waals surface area contributed by atoms with Gasteiger partial charge in [-0.1, -0.05) is 11.6 Å². The third kappa shape index (κ3) is 5.72. The van der Waals surface area contributed by atoms with Crippen LogP contribution in [0.25, 0.3) is 11.0 Å². The van der Waals surface area contributed by atoms with Crippen molar-refractivity contribution in [1.29, 1.82) is 0 Å². The summed E-state index contributed by atoms with van der Waals surface area (Å²) >= 11 is 5.96. The van der Waals surface area contributed by atoms with E-state index in [1.807, 2.05) is 6.07 Å². The van der Waals surface area contributed by atoms with Crippen molar-refractivity contribution in [3.05, 3.63) is 29.0 Å². The standard InChI is InChI=1S/C21H24ClF3N4O3/c22-13-5-6-16-17(7-13)29-18(28-16)10-26-19(30)11-1-3-12(4-2-11)20(31)27-14-8-15(9-14)32-21(23,24)25/h5-7,11-12,14-15H,1-4,8-10H2,(H,26,30)(H,27,31)(H,28,29)/t11-,12-,14-,15+. The first kappa shape index (κ1) is 22.8. The number of rotatable bonds is 6. The van der Waals surface area contributed by atoms with E-state index >= 15 is 0 Å².